The zero-order valence-electron chi connectivity index (χ0n) is 12.3. The molecular weight excluding hydrogens is 335 g/mol. The Hall–Kier alpha value is -2.69. The molecule has 2 amide bonds. The maximum Gasteiger partial charge on any atom is 0.471 e. The fraction of sp³-hybridized carbons (Fsp3) is 0.385. The number of fused-ring (bicyclic) bond motifs is 1. The minimum atomic E-state index is -5.12. The number of alkyl halides is 3. The first kappa shape index (κ1) is 17.7. The van der Waals surface area contributed by atoms with Crippen LogP contribution in [0.25, 0.3) is 0 Å². The molecule has 0 unspecified atom stereocenters. The van der Waals surface area contributed by atoms with Gasteiger partial charge in [-0.2, -0.15) is 13.2 Å². The number of anilines is 1. The van der Waals surface area contributed by atoms with Crippen LogP contribution in [0.1, 0.15) is 11.1 Å². The van der Waals surface area contributed by atoms with Crippen LogP contribution in [0.5, 0.6) is 0 Å². The van der Waals surface area contributed by atoms with Gasteiger partial charge in [-0.1, -0.05) is 0 Å². The summed E-state index contributed by atoms with van der Waals surface area (Å²) in [5.74, 6) is -3.03. The number of nitro groups is 1. The topological polar surface area (TPSA) is 102 Å². The van der Waals surface area contributed by atoms with Crippen molar-refractivity contribution in [1.29, 1.82) is 0 Å². The summed E-state index contributed by atoms with van der Waals surface area (Å²) in [5.41, 5.74) is -0.0802. The smallest absolute Gasteiger partial charge is 0.380 e. The lowest BCUT2D eigenvalue weighted by Gasteiger charge is -2.20. The van der Waals surface area contributed by atoms with Crippen LogP contribution in [0.4, 0.5) is 24.5 Å². The number of nitrogens with zero attached hydrogens (tertiary/aromatic N) is 2. The fourth-order valence-corrected chi connectivity index (χ4v) is 2.32. The number of methoxy groups -OCH3 is 1. The first-order valence-electron chi connectivity index (χ1n) is 6.58. The van der Waals surface area contributed by atoms with E-state index in [4.69, 9.17) is 4.74 Å². The second-order valence-electron chi connectivity index (χ2n) is 5.04. The summed E-state index contributed by atoms with van der Waals surface area (Å²) in [6, 6.07) is 2.29. The molecule has 0 atom stereocenters. The third-order valence-electron chi connectivity index (χ3n) is 3.30. The largest absolute Gasteiger partial charge is 0.471 e. The van der Waals surface area contributed by atoms with Gasteiger partial charge in [0.25, 0.3) is 5.69 Å². The summed E-state index contributed by atoms with van der Waals surface area (Å²) in [4.78, 5) is 33.8. The highest BCUT2D eigenvalue weighted by atomic mass is 19.4. The van der Waals surface area contributed by atoms with Gasteiger partial charge in [0, 0.05) is 19.7 Å². The summed E-state index contributed by atoms with van der Waals surface area (Å²) < 4.78 is 42.7. The van der Waals surface area contributed by atoms with Gasteiger partial charge in [0.2, 0.25) is 5.91 Å². The minimum Gasteiger partial charge on any atom is -0.380 e. The predicted molar refractivity (Wildman–Crippen MR) is 73.9 cm³/mol. The second-order valence-corrected chi connectivity index (χ2v) is 5.04. The van der Waals surface area contributed by atoms with E-state index in [1.54, 1.807) is 0 Å². The molecule has 2 rings (SSSR count). The molecule has 24 heavy (non-hydrogen) atoms. The lowest BCUT2D eigenvalue weighted by molar-refractivity contribution is -0.385. The molecule has 8 nitrogen and oxygen atoms in total. The molecule has 11 heteroatoms. The maximum atomic E-state index is 12.6. The zero-order valence-corrected chi connectivity index (χ0v) is 12.3. The van der Waals surface area contributed by atoms with Crippen LogP contribution in [0, 0.1) is 10.1 Å². The van der Waals surface area contributed by atoms with E-state index in [0.717, 1.165) is 6.07 Å². The van der Waals surface area contributed by atoms with Gasteiger partial charge in [-0.15, -0.1) is 0 Å². The average Bonchev–Trinajstić information content (AvgIpc) is 2.62. The SMILES string of the molecule is COCc1cc2c(cc1[N+](=O)[O-])NC(=O)CN(C(=O)C(F)(F)F)C2. The van der Waals surface area contributed by atoms with Gasteiger partial charge < -0.3 is 15.0 Å². The van der Waals surface area contributed by atoms with Crippen molar-refractivity contribution in [3.8, 4) is 0 Å². The lowest BCUT2D eigenvalue weighted by Crippen LogP contribution is -2.43. The van der Waals surface area contributed by atoms with E-state index in [2.05, 4.69) is 5.32 Å². The molecule has 0 radical (unpaired) electrons. The molecule has 1 aliphatic rings. The van der Waals surface area contributed by atoms with E-state index in [0.29, 0.717) is 4.90 Å². The van der Waals surface area contributed by atoms with Crippen molar-refractivity contribution < 1.29 is 32.4 Å². The minimum absolute atomic E-state index is 0.0102. The van der Waals surface area contributed by atoms with E-state index >= 15 is 0 Å². The van der Waals surface area contributed by atoms with E-state index < -0.39 is 36.0 Å². The Bertz CT molecular complexity index is 705. The molecule has 0 aliphatic carbocycles. The molecule has 0 saturated carbocycles. The quantitative estimate of drug-likeness (QED) is 0.661. The summed E-state index contributed by atoms with van der Waals surface area (Å²) in [5, 5.41) is 13.4. The molecular formula is C13H12F3N3O5. The zero-order chi connectivity index (χ0) is 18.1. The molecule has 130 valence electrons. The number of amides is 2. The highest BCUT2D eigenvalue weighted by Gasteiger charge is 2.43. The van der Waals surface area contributed by atoms with Crippen molar-refractivity contribution >= 4 is 23.2 Å². The number of hydrogen-bond donors (Lipinski definition) is 1. The van der Waals surface area contributed by atoms with Crippen molar-refractivity contribution in [2.24, 2.45) is 0 Å². The Labute approximate surface area is 133 Å². The maximum absolute atomic E-state index is 12.6. The third kappa shape index (κ3) is 3.62. The predicted octanol–water partition coefficient (Wildman–Crippen LogP) is 1.58. The molecule has 0 bridgehead atoms. The first-order chi connectivity index (χ1) is 11.1. The number of nitrogens with one attached hydrogen (secondary N) is 1. The standard InChI is InChI=1S/C13H12F3N3O5/c1-24-6-8-2-7-4-18(12(21)13(14,15)16)5-11(20)17-9(7)3-10(8)19(22)23/h2-3H,4-6H2,1H3,(H,17,20). The van der Waals surface area contributed by atoms with Crippen molar-refractivity contribution in [2.45, 2.75) is 19.3 Å². The number of ether oxygens (including phenoxy) is 1. The van der Waals surface area contributed by atoms with Gasteiger partial charge in [-0.25, -0.2) is 0 Å². The van der Waals surface area contributed by atoms with Gasteiger partial charge in [0.05, 0.1) is 22.8 Å². The monoisotopic (exact) mass is 347 g/mol. The number of rotatable bonds is 3. The third-order valence-corrected chi connectivity index (χ3v) is 3.30. The van der Waals surface area contributed by atoms with Gasteiger partial charge in [-0.3, -0.25) is 19.7 Å². The molecule has 1 aromatic rings. The average molecular weight is 347 g/mol. The summed E-state index contributed by atoms with van der Waals surface area (Å²) in [7, 11) is 1.30. The van der Waals surface area contributed by atoms with Crippen molar-refractivity contribution in [3.05, 3.63) is 33.4 Å². The highest BCUT2D eigenvalue weighted by molar-refractivity contribution is 5.97. The van der Waals surface area contributed by atoms with E-state index in [9.17, 15) is 32.9 Å². The number of carbonyl (C=O) groups excluding carboxylic acids is 2. The Kier molecular flexibility index (Phi) is 4.73. The molecule has 1 aromatic carbocycles. The van der Waals surface area contributed by atoms with Crippen molar-refractivity contribution in [1.82, 2.24) is 4.90 Å². The van der Waals surface area contributed by atoms with Gasteiger partial charge >= 0.3 is 12.1 Å². The Morgan fingerprint density at radius 1 is 1.42 bits per heavy atom. The van der Waals surface area contributed by atoms with Gasteiger partial charge in [-0.05, 0) is 11.6 Å². The Morgan fingerprint density at radius 3 is 2.62 bits per heavy atom. The van der Waals surface area contributed by atoms with Crippen molar-refractivity contribution in [3.63, 3.8) is 0 Å². The van der Waals surface area contributed by atoms with Crippen molar-refractivity contribution in [2.75, 3.05) is 19.0 Å². The van der Waals surface area contributed by atoms with Crippen LogP contribution in [-0.4, -0.2) is 41.5 Å². The van der Waals surface area contributed by atoms with Crippen LogP contribution >= 0.6 is 0 Å². The van der Waals surface area contributed by atoms with Crippen LogP contribution in [0.2, 0.25) is 0 Å². The van der Waals surface area contributed by atoms with E-state index in [-0.39, 0.29) is 29.1 Å². The van der Waals surface area contributed by atoms with E-state index in [1.165, 1.54) is 13.2 Å². The molecule has 0 spiro atoms. The lowest BCUT2D eigenvalue weighted by atomic mass is 10.1. The van der Waals surface area contributed by atoms with Crippen LogP contribution in [-0.2, 0) is 27.5 Å². The number of halogens is 3. The van der Waals surface area contributed by atoms with Crippen LogP contribution in [0.3, 0.4) is 0 Å². The van der Waals surface area contributed by atoms with Crippen LogP contribution in [0.15, 0.2) is 12.1 Å². The molecule has 0 aromatic heterocycles. The molecule has 0 fully saturated rings. The molecule has 1 aliphatic heterocycles. The Balaban J connectivity index is 2.48. The first-order valence-corrected chi connectivity index (χ1v) is 6.58. The molecule has 1 N–H and O–H groups in total. The molecule has 1 heterocycles. The fourth-order valence-electron chi connectivity index (χ4n) is 2.32. The second kappa shape index (κ2) is 6.43. The number of nitro benzene ring substituents is 1. The summed E-state index contributed by atoms with van der Waals surface area (Å²) >= 11 is 0. The number of hydrogen-bond acceptors (Lipinski definition) is 5. The van der Waals surface area contributed by atoms with Gasteiger partial charge in [0.1, 0.15) is 6.54 Å². The summed E-state index contributed by atoms with van der Waals surface area (Å²) in [6.45, 7) is -1.47. The normalized spacial score (nSPS) is 14.7. The summed E-state index contributed by atoms with van der Waals surface area (Å²) in [6.07, 6.45) is -5.12. The van der Waals surface area contributed by atoms with E-state index in [1.807, 2.05) is 0 Å². The van der Waals surface area contributed by atoms with Crippen LogP contribution < -0.4 is 5.32 Å². The number of benzene rings is 1. The highest BCUT2D eigenvalue weighted by Crippen LogP contribution is 2.31. The van der Waals surface area contributed by atoms with Gasteiger partial charge in [0.15, 0.2) is 0 Å². The Morgan fingerprint density at radius 2 is 2.08 bits per heavy atom. The molecule has 0 saturated heterocycles. The number of carbonyl (C=O) groups is 2.